The van der Waals surface area contributed by atoms with E-state index in [1.165, 1.54) is 12.8 Å². The smallest absolute Gasteiger partial charge is 0.227 e. The molecule has 2 aliphatic heterocycles. The van der Waals surface area contributed by atoms with Crippen LogP contribution in [0.25, 0.3) is 0 Å². The van der Waals surface area contributed by atoms with Crippen LogP contribution in [0, 0.1) is 0 Å². The topological polar surface area (TPSA) is 87.7 Å². The lowest BCUT2D eigenvalue weighted by atomic mass is 10.0. The monoisotopic (exact) mass is 355 g/mol. The maximum absolute atomic E-state index is 10.3. The molecule has 0 atom stereocenters. The summed E-state index contributed by atoms with van der Waals surface area (Å²) in [5, 5.41) is 10.3. The summed E-state index contributed by atoms with van der Waals surface area (Å²) in [6.07, 6.45) is 3.19. The number of nitrogens with two attached hydrogens (primary N) is 1. The molecule has 0 spiro atoms. The van der Waals surface area contributed by atoms with Gasteiger partial charge in [0.25, 0.3) is 0 Å². The fourth-order valence-electron chi connectivity index (χ4n) is 3.79. The number of nitrogen functional groups attached to an aromatic ring is 1. The molecule has 26 heavy (non-hydrogen) atoms. The molecule has 2 aliphatic rings. The fraction of sp³-hybridized carbons (Fsp3) is 0.474. The third-order valence-electron chi connectivity index (χ3n) is 5.25. The fourth-order valence-corrected chi connectivity index (χ4v) is 3.79. The van der Waals surface area contributed by atoms with E-state index < -0.39 is 0 Å². The highest BCUT2D eigenvalue weighted by Gasteiger charge is 2.24. The number of hydrogen-bond acceptors (Lipinski definition) is 7. The number of aromatic hydroxyl groups is 1. The van der Waals surface area contributed by atoms with E-state index in [-0.39, 0.29) is 5.75 Å². The van der Waals surface area contributed by atoms with E-state index in [0.717, 1.165) is 48.8 Å². The molecule has 0 radical (unpaired) electrons. The highest BCUT2D eigenvalue weighted by molar-refractivity contribution is 5.50. The summed E-state index contributed by atoms with van der Waals surface area (Å²) in [6, 6.07) is 5.59. The highest BCUT2D eigenvalue weighted by atomic mass is 16.5. The van der Waals surface area contributed by atoms with E-state index in [2.05, 4.69) is 14.8 Å². The molecule has 0 amide bonds. The maximum Gasteiger partial charge on any atom is 0.227 e. The number of phenolic OH excluding ortho intramolecular Hbond substituents is 1. The second kappa shape index (κ2) is 6.99. The SMILES string of the molecule is COc1cccc(CN2CCc3c(N)nc(N4CCCC4)nc3C2)c1O. The standard InChI is InChI=1S/C19H25N5O2/c1-26-16-6-4-5-13(17(16)25)11-23-10-7-14-15(12-23)21-19(22-18(14)20)24-8-2-3-9-24/h4-6,25H,2-3,7-12H2,1H3,(H2,20,21,22). The average Bonchev–Trinajstić information content (AvgIpc) is 3.18. The van der Waals surface area contributed by atoms with Gasteiger partial charge in [0, 0.05) is 43.9 Å². The van der Waals surface area contributed by atoms with Crippen molar-refractivity contribution in [3.63, 3.8) is 0 Å². The number of aromatic nitrogens is 2. The summed E-state index contributed by atoms with van der Waals surface area (Å²) >= 11 is 0. The number of ether oxygens (including phenoxy) is 1. The summed E-state index contributed by atoms with van der Waals surface area (Å²) in [5.74, 6) is 2.08. The lowest BCUT2D eigenvalue weighted by molar-refractivity contribution is 0.237. The van der Waals surface area contributed by atoms with E-state index in [0.29, 0.717) is 24.7 Å². The van der Waals surface area contributed by atoms with Crippen molar-refractivity contribution >= 4 is 11.8 Å². The molecule has 1 aromatic carbocycles. The molecule has 1 aromatic heterocycles. The van der Waals surface area contributed by atoms with E-state index in [9.17, 15) is 5.11 Å². The Balaban J connectivity index is 1.55. The summed E-state index contributed by atoms with van der Waals surface area (Å²) < 4.78 is 5.21. The zero-order valence-electron chi connectivity index (χ0n) is 15.1. The molecule has 0 unspecified atom stereocenters. The van der Waals surface area contributed by atoms with Crippen molar-refractivity contribution in [1.29, 1.82) is 0 Å². The minimum absolute atomic E-state index is 0.209. The van der Waals surface area contributed by atoms with Crippen LogP contribution in [0.5, 0.6) is 11.5 Å². The maximum atomic E-state index is 10.3. The molecule has 3 heterocycles. The Morgan fingerprint density at radius 2 is 2.00 bits per heavy atom. The number of rotatable bonds is 4. The number of nitrogens with zero attached hydrogens (tertiary/aromatic N) is 4. The first-order valence-corrected chi connectivity index (χ1v) is 9.13. The molecule has 1 fully saturated rings. The summed E-state index contributed by atoms with van der Waals surface area (Å²) in [5.41, 5.74) is 9.15. The van der Waals surface area contributed by atoms with Gasteiger partial charge in [0.1, 0.15) is 5.82 Å². The molecule has 0 saturated carbocycles. The summed E-state index contributed by atoms with van der Waals surface area (Å²) in [6.45, 7) is 4.21. The third kappa shape index (κ3) is 3.14. The number of fused-ring (bicyclic) bond motifs is 1. The molecular weight excluding hydrogens is 330 g/mol. The Bertz CT molecular complexity index is 805. The number of benzene rings is 1. The van der Waals surface area contributed by atoms with E-state index in [1.54, 1.807) is 13.2 Å². The molecule has 138 valence electrons. The number of anilines is 2. The Morgan fingerprint density at radius 1 is 1.19 bits per heavy atom. The van der Waals surface area contributed by atoms with Gasteiger partial charge < -0.3 is 20.5 Å². The van der Waals surface area contributed by atoms with Crippen LogP contribution in [-0.2, 0) is 19.5 Å². The van der Waals surface area contributed by atoms with Crippen LogP contribution >= 0.6 is 0 Å². The zero-order valence-corrected chi connectivity index (χ0v) is 15.1. The molecule has 0 bridgehead atoms. The van der Waals surface area contributed by atoms with Crippen LogP contribution < -0.4 is 15.4 Å². The van der Waals surface area contributed by atoms with Crippen LogP contribution in [0.3, 0.4) is 0 Å². The van der Waals surface area contributed by atoms with Gasteiger partial charge in [-0.05, 0) is 25.3 Å². The molecular formula is C19H25N5O2. The first kappa shape index (κ1) is 16.9. The Morgan fingerprint density at radius 3 is 2.77 bits per heavy atom. The van der Waals surface area contributed by atoms with Gasteiger partial charge in [-0.25, -0.2) is 4.98 Å². The van der Waals surface area contributed by atoms with Crippen molar-refractivity contribution in [2.24, 2.45) is 0 Å². The Hall–Kier alpha value is -2.54. The van der Waals surface area contributed by atoms with Crippen LogP contribution in [-0.4, -0.2) is 46.7 Å². The van der Waals surface area contributed by atoms with E-state index >= 15 is 0 Å². The van der Waals surface area contributed by atoms with Crippen LogP contribution in [0.2, 0.25) is 0 Å². The molecule has 2 aromatic rings. The predicted molar refractivity (Wildman–Crippen MR) is 100 cm³/mol. The Kier molecular flexibility index (Phi) is 4.55. The number of methoxy groups -OCH3 is 1. The van der Waals surface area contributed by atoms with Crippen molar-refractivity contribution in [2.45, 2.75) is 32.4 Å². The van der Waals surface area contributed by atoms with Gasteiger partial charge in [0.2, 0.25) is 5.95 Å². The quantitative estimate of drug-likeness (QED) is 0.866. The number of phenols is 1. The molecule has 7 heteroatoms. The van der Waals surface area contributed by atoms with Crippen molar-refractivity contribution < 1.29 is 9.84 Å². The van der Waals surface area contributed by atoms with Gasteiger partial charge >= 0.3 is 0 Å². The molecule has 4 rings (SSSR count). The minimum atomic E-state index is 0.209. The lowest BCUT2D eigenvalue weighted by Crippen LogP contribution is -2.32. The Labute approximate surface area is 153 Å². The third-order valence-corrected chi connectivity index (χ3v) is 5.25. The minimum Gasteiger partial charge on any atom is -0.504 e. The van der Waals surface area contributed by atoms with Crippen molar-refractivity contribution in [3.05, 3.63) is 35.0 Å². The average molecular weight is 355 g/mol. The van der Waals surface area contributed by atoms with Crippen molar-refractivity contribution in [2.75, 3.05) is 37.4 Å². The second-order valence-corrected chi connectivity index (χ2v) is 6.96. The molecule has 0 aliphatic carbocycles. The molecule has 1 saturated heterocycles. The normalized spacial score (nSPS) is 17.3. The molecule has 3 N–H and O–H groups in total. The first-order chi connectivity index (χ1) is 12.7. The highest BCUT2D eigenvalue weighted by Crippen LogP contribution is 2.32. The van der Waals surface area contributed by atoms with Crippen LogP contribution in [0.1, 0.15) is 29.7 Å². The first-order valence-electron chi connectivity index (χ1n) is 9.13. The zero-order chi connectivity index (χ0) is 18.1. The number of hydrogen-bond donors (Lipinski definition) is 2. The van der Waals surface area contributed by atoms with Crippen molar-refractivity contribution in [1.82, 2.24) is 14.9 Å². The van der Waals surface area contributed by atoms with Gasteiger partial charge in [-0.1, -0.05) is 12.1 Å². The van der Waals surface area contributed by atoms with Crippen LogP contribution in [0.4, 0.5) is 11.8 Å². The van der Waals surface area contributed by atoms with Gasteiger partial charge in [-0.15, -0.1) is 0 Å². The van der Waals surface area contributed by atoms with Gasteiger partial charge in [-0.3, -0.25) is 4.90 Å². The van der Waals surface area contributed by atoms with E-state index in [1.807, 2.05) is 12.1 Å². The van der Waals surface area contributed by atoms with Gasteiger partial charge in [0.05, 0.1) is 12.8 Å². The molecule has 7 nitrogen and oxygen atoms in total. The summed E-state index contributed by atoms with van der Waals surface area (Å²) in [7, 11) is 1.57. The predicted octanol–water partition coefficient (Wildman–Crippen LogP) is 1.93. The largest absolute Gasteiger partial charge is 0.504 e. The van der Waals surface area contributed by atoms with Gasteiger partial charge in [0.15, 0.2) is 11.5 Å². The van der Waals surface area contributed by atoms with Crippen molar-refractivity contribution in [3.8, 4) is 11.5 Å². The lowest BCUT2D eigenvalue weighted by Gasteiger charge is -2.29. The van der Waals surface area contributed by atoms with Crippen LogP contribution in [0.15, 0.2) is 18.2 Å². The summed E-state index contributed by atoms with van der Waals surface area (Å²) in [4.78, 5) is 13.8. The second-order valence-electron chi connectivity index (χ2n) is 6.96. The van der Waals surface area contributed by atoms with E-state index in [4.69, 9.17) is 15.5 Å². The number of para-hydroxylation sites is 1. The van der Waals surface area contributed by atoms with Gasteiger partial charge in [-0.2, -0.15) is 4.98 Å².